The third-order valence-electron chi connectivity index (χ3n) is 5.77. The van der Waals surface area contributed by atoms with Crippen LogP contribution in [-0.2, 0) is 4.74 Å². The van der Waals surface area contributed by atoms with Crippen molar-refractivity contribution in [2.45, 2.75) is 24.4 Å². The summed E-state index contributed by atoms with van der Waals surface area (Å²) in [6.07, 6.45) is -6.65. The molecule has 0 bridgehead atoms. The summed E-state index contributed by atoms with van der Waals surface area (Å²) in [5.74, 6) is -3.16. The molecule has 0 spiro atoms. The molecule has 2 aromatic carbocycles. The number of benzene rings is 2. The van der Waals surface area contributed by atoms with Crippen molar-refractivity contribution in [3.63, 3.8) is 0 Å². The van der Waals surface area contributed by atoms with Gasteiger partial charge in [0.1, 0.15) is 46.5 Å². The first-order chi connectivity index (χ1) is 15.6. The van der Waals surface area contributed by atoms with Gasteiger partial charge in [-0.15, -0.1) is 0 Å². The van der Waals surface area contributed by atoms with E-state index in [9.17, 15) is 45.6 Å². The van der Waals surface area contributed by atoms with E-state index in [1.807, 2.05) is 0 Å². The van der Waals surface area contributed by atoms with Crippen molar-refractivity contribution in [1.29, 1.82) is 0 Å². The Morgan fingerprint density at radius 1 is 0.879 bits per heavy atom. The van der Waals surface area contributed by atoms with Gasteiger partial charge in [-0.2, -0.15) is 0 Å². The monoisotopic (exact) mass is 462 g/mol. The minimum absolute atomic E-state index is 0.0237. The van der Waals surface area contributed by atoms with Gasteiger partial charge in [0.05, 0.1) is 24.9 Å². The molecule has 1 saturated heterocycles. The smallest absolute Gasteiger partial charge is 0.197 e. The van der Waals surface area contributed by atoms with Crippen molar-refractivity contribution in [2.75, 3.05) is 13.2 Å². The van der Waals surface area contributed by atoms with E-state index in [0.29, 0.717) is 0 Å². The first-order valence-corrected chi connectivity index (χ1v) is 9.95. The molecular weight excluding hydrogens is 440 g/mol. The molecule has 1 aliphatic rings. The second kappa shape index (κ2) is 8.54. The van der Waals surface area contributed by atoms with Crippen LogP contribution >= 0.6 is 0 Å². The molecule has 0 saturated carbocycles. The summed E-state index contributed by atoms with van der Waals surface area (Å²) in [4.78, 5) is 12.8. The molecule has 1 aliphatic heterocycles. The second-order valence-electron chi connectivity index (χ2n) is 7.88. The summed E-state index contributed by atoms with van der Waals surface area (Å²) in [6, 6.07) is 5.78. The van der Waals surface area contributed by atoms with Gasteiger partial charge in [0.25, 0.3) is 0 Å². The fourth-order valence-corrected chi connectivity index (χ4v) is 3.90. The second-order valence-corrected chi connectivity index (χ2v) is 7.88. The van der Waals surface area contributed by atoms with Gasteiger partial charge in [0.2, 0.25) is 0 Å². The molecule has 0 amide bonds. The quantitative estimate of drug-likeness (QED) is 0.244. The van der Waals surface area contributed by atoms with Crippen molar-refractivity contribution >= 4 is 11.0 Å². The largest absolute Gasteiger partial charge is 0.507 e. The Bertz CT molecular complexity index is 1250. The van der Waals surface area contributed by atoms with Crippen LogP contribution in [-0.4, -0.2) is 72.4 Å². The van der Waals surface area contributed by atoms with Gasteiger partial charge in [-0.25, -0.2) is 0 Å². The van der Waals surface area contributed by atoms with E-state index in [2.05, 4.69) is 0 Å². The van der Waals surface area contributed by atoms with E-state index in [0.717, 1.165) is 18.2 Å². The zero-order chi connectivity index (χ0) is 24.0. The van der Waals surface area contributed by atoms with Crippen molar-refractivity contribution in [3.05, 3.63) is 46.1 Å². The van der Waals surface area contributed by atoms with Gasteiger partial charge in [-0.1, -0.05) is 0 Å². The highest BCUT2D eigenvalue weighted by atomic mass is 16.5. The van der Waals surface area contributed by atoms with Gasteiger partial charge in [0.15, 0.2) is 16.9 Å². The molecular formula is C22H22O11. The van der Waals surface area contributed by atoms with E-state index in [-0.39, 0.29) is 34.6 Å². The van der Waals surface area contributed by atoms with Crippen molar-refractivity contribution in [3.8, 4) is 34.3 Å². The Morgan fingerprint density at radius 3 is 2.27 bits per heavy atom. The highest BCUT2D eigenvalue weighted by molar-refractivity contribution is 5.88. The number of aliphatic hydroxyl groups is 4. The Labute approximate surface area is 185 Å². The number of ether oxygens (including phenoxy) is 1. The predicted molar refractivity (Wildman–Crippen MR) is 112 cm³/mol. The number of hydrogen-bond acceptors (Lipinski definition) is 11. The molecule has 2 heterocycles. The summed E-state index contributed by atoms with van der Waals surface area (Å²) in [5, 5.41) is 80.4. The van der Waals surface area contributed by atoms with Crippen LogP contribution in [0.1, 0.15) is 11.7 Å². The summed E-state index contributed by atoms with van der Waals surface area (Å²) in [6.45, 7) is -0.863. The Balaban J connectivity index is 1.84. The van der Waals surface area contributed by atoms with E-state index < -0.39 is 65.2 Å². The van der Waals surface area contributed by atoms with Gasteiger partial charge in [-0.05, 0) is 18.2 Å². The molecule has 176 valence electrons. The lowest BCUT2D eigenvalue weighted by Gasteiger charge is -2.27. The van der Waals surface area contributed by atoms with Crippen LogP contribution in [0.4, 0.5) is 0 Å². The fourth-order valence-electron chi connectivity index (χ4n) is 3.90. The Morgan fingerprint density at radius 2 is 1.61 bits per heavy atom. The van der Waals surface area contributed by atoms with Gasteiger partial charge < -0.3 is 50.0 Å². The molecule has 11 heteroatoms. The molecule has 33 heavy (non-hydrogen) atoms. The van der Waals surface area contributed by atoms with E-state index >= 15 is 0 Å². The first-order valence-electron chi connectivity index (χ1n) is 9.95. The van der Waals surface area contributed by atoms with Crippen LogP contribution in [0.3, 0.4) is 0 Å². The predicted octanol–water partition coefficient (Wildman–Crippen LogP) is 0.0449. The van der Waals surface area contributed by atoms with Crippen LogP contribution < -0.4 is 5.43 Å². The standard InChI is InChI=1S/C22H22O11/c23-6-9-7-32-22(21(31)20(30)18(9)28)17-13(27)5-15-16(19(17)29)12(26)4-14(33-15)8-1-2-10(24)11(25)3-8/h1-5,9,18,20-25,27-31H,6-7H2/t9?,18-,20?,21?,22+/m1/s1. The number of fused-ring (bicyclic) bond motifs is 1. The Kier molecular flexibility index (Phi) is 5.91. The van der Waals surface area contributed by atoms with Crippen LogP contribution in [0, 0.1) is 5.92 Å². The average molecular weight is 462 g/mol. The van der Waals surface area contributed by atoms with Crippen LogP contribution in [0.15, 0.2) is 39.5 Å². The number of hydrogen-bond donors (Lipinski definition) is 8. The lowest BCUT2D eigenvalue weighted by atomic mass is 9.92. The SMILES string of the molecule is O=c1cc(-c2ccc(O)c(O)c2)oc2cc(O)c([C@@H]3OCC(CO)[C@@H](O)C(O)C3O)c(O)c12. The van der Waals surface area contributed by atoms with Crippen LogP contribution in [0.5, 0.6) is 23.0 Å². The minimum Gasteiger partial charge on any atom is -0.507 e. The van der Waals surface area contributed by atoms with Gasteiger partial charge >= 0.3 is 0 Å². The van der Waals surface area contributed by atoms with Crippen molar-refractivity contribution < 1.29 is 50.0 Å². The zero-order valence-corrected chi connectivity index (χ0v) is 17.0. The van der Waals surface area contributed by atoms with Crippen molar-refractivity contribution in [1.82, 2.24) is 0 Å². The fraction of sp³-hybridized carbons (Fsp3) is 0.318. The maximum Gasteiger partial charge on any atom is 0.197 e. The molecule has 5 atom stereocenters. The third-order valence-corrected chi connectivity index (χ3v) is 5.77. The van der Waals surface area contributed by atoms with Gasteiger partial charge in [-0.3, -0.25) is 4.79 Å². The molecule has 11 nitrogen and oxygen atoms in total. The zero-order valence-electron chi connectivity index (χ0n) is 17.0. The lowest BCUT2D eigenvalue weighted by Crippen LogP contribution is -2.43. The van der Waals surface area contributed by atoms with Gasteiger partial charge in [0, 0.05) is 23.6 Å². The number of phenols is 4. The minimum atomic E-state index is -1.81. The highest BCUT2D eigenvalue weighted by Crippen LogP contribution is 2.44. The maximum atomic E-state index is 12.8. The molecule has 1 aromatic heterocycles. The molecule has 0 radical (unpaired) electrons. The Hall–Kier alpha value is -3.35. The highest BCUT2D eigenvalue weighted by Gasteiger charge is 2.42. The summed E-state index contributed by atoms with van der Waals surface area (Å²) in [7, 11) is 0. The molecule has 0 aliphatic carbocycles. The summed E-state index contributed by atoms with van der Waals surface area (Å²) >= 11 is 0. The van der Waals surface area contributed by atoms with E-state index in [4.69, 9.17) is 9.15 Å². The molecule has 8 N–H and O–H groups in total. The molecule has 3 unspecified atom stereocenters. The first kappa shape index (κ1) is 22.8. The summed E-state index contributed by atoms with van der Waals surface area (Å²) in [5.41, 5.74) is -1.11. The topological polar surface area (TPSA) is 201 Å². The third kappa shape index (κ3) is 3.86. The summed E-state index contributed by atoms with van der Waals surface area (Å²) < 4.78 is 11.1. The molecule has 1 fully saturated rings. The molecule has 3 aromatic rings. The average Bonchev–Trinajstić information content (AvgIpc) is 2.87. The number of phenolic OH excluding ortho intramolecular Hbond substituents is 4. The van der Waals surface area contributed by atoms with Crippen LogP contribution in [0.25, 0.3) is 22.3 Å². The van der Waals surface area contributed by atoms with E-state index in [1.165, 1.54) is 12.1 Å². The molecule has 4 rings (SSSR count). The van der Waals surface area contributed by atoms with Crippen LogP contribution in [0.2, 0.25) is 0 Å². The number of aliphatic hydroxyl groups excluding tert-OH is 4. The van der Waals surface area contributed by atoms with E-state index in [1.54, 1.807) is 0 Å². The van der Waals surface area contributed by atoms with Crippen molar-refractivity contribution in [2.24, 2.45) is 5.92 Å². The maximum absolute atomic E-state index is 12.8. The number of aromatic hydroxyl groups is 4. The normalized spacial score (nSPS) is 25.8. The lowest BCUT2D eigenvalue weighted by molar-refractivity contribution is -0.0984. The number of rotatable bonds is 3.